The summed E-state index contributed by atoms with van der Waals surface area (Å²) in [7, 11) is 0. The van der Waals surface area contributed by atoms with Gasteiger partial charge in [-0.3, -0.25) is 4.57 Å². The minimum absolute atomic E-state index is 0.133. The van der Waals surface area contributed by atoms with Crippen molar-refractivity contribution in [1.82, 2.24) is 24.5 Å². The molecule has 0 saturated heterocycles. The number of nitrogens with zero attached hydrogens (tertiary/aromatic N) is 5. The van der Waals surface area contributed by atoms with E-state index in [1.54, 1.807) is 6.07 Å². The van der Waals surface area contributed by atoms with E-state index in [0.717, 1.165) is 5.69 Å². The zero-order chi connectivity index (χ0) is 18.1. The van der Waals surface area contributed by atoms with E-state index >= 15 is 0 Å². The summed E-state index contributed by atoms with van der Waals surface area (Å²) in [6.45, 7) is 1.93. The molecule has 0 aliphatic heterocycles. The van der Waals surface area contributed by atoms with Gasteiger partial charge in [-0.15, -0.1) is 0 Å². The van der Waals surface area contributed by atoms with Crippen molar-refractivity contribution in [3.63, 3.8) is 0 Å². The van der Waals surface area contributed by atoms with Crippen LogP contribution < -0.4 is 11.1 Å². The van der Waals surface area contributed by atoms with Crippen LogP contribution in [0.5, 0.6) is 0 Å². The van der Waals surface area contributed by atoms with Gasteiger partial charge in [-0.05, 0) is 31.2 Å². The maximum atomic E-state index is 13.8. The second kappa shape index (κ2) is 6.40. The number of fused-ring (bicyclic) bond motifs is 1. The van der Waals surface area contributed by atoms with Gasteiger partial charge in [-0.25, -0.2) is 19.3 Å². The van der Waals surface area contributed by atoms with Gasteiger partial charge in [0.2, 0.25) is 11.9 Å². The second-order valence-electron chi connectivity index (χ2n) is 5.81. The summed E-state index contributed by atoms with van der Waals surface area (Å²) in [6.07, 6.45) is 1.34. The third-order valence-electron chi connectivity index (χ3n) is 3.98. The van der Waals surface area contributed by atoms with Gasteiger partial charge in [-0.1, -0.05) is 18.2 Å². The molecule has 0 aliphatic carbocycles. The molecule has 4 aromatic rings. The van der Waals surface area contributed by atoms with Gasteiger partial charge in [0.15, 0.2) is 0 Å². The van der Waals surface area contributed by atoms with Gasteiger partial charge < -0.3 is 11.1 Å². The normalized spacial score (nSPS) is 12.2. The predicted octanol–water partition coefficient (Wildman–Crippen LogP) is 3.10. The van der Waals surface area contributed by atoms with Crippen LogP contribution in [0.25, 0.3) is 16.7 Å². The number of para-hydroxylation sites is 1. The number of hydrogen-bond donors (Lipinski definition) is 2. The summed E-state index contributed by atoms with van der Waals surface area (Å²) in [6, 6.07) is 14.0. The number of hydrogen-bond acceptors (Lipinski definition) is 6. The highest BCUT2D eigenvalue weighted by Crippen LogP contribution is 2.27. The molecule has 2 aromatic carbocycles. The first-order valence-corrected chi connectivity index (χ1v) is 8.06. The lowest BCUT2D eigenvalue weighted by atomic mass is 10.2. The van der Waals surface area contributed by atoms with Gasteiger partial charge in [-0.2, -0.15) is 4.98 Å². The van der Waals surface area contributed by atoms with Crippen LogP contribution in [0.4, 0.5) is 16.3 Å². The first-order chi connectivity index (χ1) is 12.6. The predicted molar refractivity (Wildman–Crippen MR) is 97.3 cm³/mol. The Kier molecular flexibility index (Phi) is 3.92. The van der Waals surface area contributed by atoms with Crippen LogP contribution in [0.1, 0.15) is 18.8 Å². The number of anilines is 2. The Morgan fingerprint density at radius 2 is 1.88 bits per heavy atom. The molecule has 0 aliphatic rings. The summed E-state index contributed by atoms with van der Waals surface area (Å²) in [5.41, 5.74) is 7.89. The van der Waals surface area contributed by atoms with Crippen molar-refractivity contribution in [3.05, 3.63) is 66.5 Å². The fraction of sp³-hybridized carbons (Fsp3) is 0.111. The number of nitrogens with one attached hydrogen (secondary N) is 1. The lowest BCUT2D eigenvalue weighted by Gasteiger charge is -2.16. The third kappa shape index (κ3) is 2.92. The first kappa shape index (κ1) is 15.9. The van der Waals surface area contributed by atoms with Gasteiger partial charge in [0.1, 0.15) is 18.0 Å². The Hall–Kier alpha value is -3.55. The molecule has 0 spiro atoms. The van der Waals surface area contributed by atoms with Crippen LogP contribution in [0, 0.1) is 5.82 Å². The van der Waals surface area contributed by atoms with Crippen molar-refractivity contribution < 1.29 is 4.39 Å². The molecule has 2 aromatic heterocycles. The zero-order valence-electron chi connectivity index (χ0n) is 14.0. The highest BCUT2D eigenvalue weighted by atomic mass is 19.1. The number of rotatable bonds is 4. The Morgan fingerprint density at radius 3 is 2.65 bits per heavy atom. The fourth-order valence-electron chi connectivity index (χ4n) is 2.84. The maximum absolute atomic E-state index is 13.8. The van der Waals surface area contributed by atoms with E-state index in [1.165, 1.54) is 18.5 Å². The van der Waals surface area contributed by atoms with Crippen molar-refractivity contribution in [3.8, 4) is 5.69 Å². The number of aromatic nitrogens is 5. The van der Waals surface area contributed by atoms with E-state index in [9.17, 15) is 4.39 Å². The first-order valence-electron chi connectivity index (χ1n) is 8.06. The number of halogens is 1. The maximum Gasteiger partial charge on any atom is 0.228 e. The van der Waals surface area contributed by atoms with Crippen LogP contribution >= 0.6 is 0 Å². The van der Waals surface area contributed by atoms with E-state index in [0.29, 0.717) is 22.8 Å². The number of nitrogens with two attached hydrogens (primary N) is 1. The molecule has 130 valence electrons. The summed E-state index contributed by atoms with van der Waals surface area (Å²) in [5, 5.41) is 3.17. The fourth-order valence-corrected chi connectivity index (χ4v) is 2.84. The SMILES string of the molecule is CC(Nc1ncnc(N)n1)c1nc2ccc(F)cc2n1-c1ccccc1. The van der Waals surface area contributed by atoms with E-state index < -0.39 is 0 Å². The minimum Gasteiger partial charge on any atom is -0.368 e. The molecule has 3 N–H and O–H groups in total. The smallest absolute Gasteiger partial charge is 0.228 e. The zero-order valence-corrected chi connectivity index (χ0v) is 14.0. The number of nitrogen functional groups attached to an aromatic ring is 1. The molecular formula is C18H16FN7. The van der Waals surface area contributed by atoms with Crippen molar-refractivity contribution in [2.75, 3.05) is 11.1 Å². The summed E-state index contributed by atoms with van der Waals surface area (Å²) in [5.74, 6) is 0.874. The molecule has 0 radical (unpaired) electrons. The molecule has 8 heteroatoms. The van der Waals surface area contributed by atoms with Crippen molar-refractivity contribution in [2.45, 2.75) is 13.0 Å². The van der Waals surface area contributed by atoms with Crippen molar-refractivity contribution in [1.29, 1.82) is 0 Å². The van der Waals surface area contributed by atoms with Gasteiger partial charge >= 0.3 is 0 Å². The van der Waals surface area contributed by atoms with Crippen LogP contribution in [-0.2, 0) is 0 Å². The summed E-state index contributed by atoms with van der Waals surface area (Å²) < 4.78 is 15.8. The average Bonchev–Trinajstić information content (AvgIpc) is 3.01. The molecule has 7 nitrogen and oxygen atoms in total. The summed E-state index contributed by atoms with van der Waals surface area (Å²) in [4.78, 5) is 16.6. The van der Waals surface area contributed by atoms with Gasteiger partial charge in [0, 0.05) is 11.8 Å². The molecule has 4 rings (SSSR count). The van der Waals surface area contributed by atoms with E-state index in [2.05, 4.69) is 25.3 Å². The van der Waals surface area contributed by atoms with E-state index in [-0.39, 0.29) is 17.8 Å². The average molecular weight is 349 g/mol. The molecule has 1 atom stereocenters. The molecule has 0 fully saturated rings. The third-order valence-corrected chi connectivity index (χ3v) is 3.98. The molecule has 2 heterocycles. The lowest BCUT2D eigenvalue weighted by molar-refractivity contribution is 0.629. The van der Waals surface area contributed by atoms with Crippen LogP contribution in [0.3, 0.4) is 0 Å². The molecule has 0 bridgehead atoms. The highest BCUT2D eigenvalue weighted by molar-refractivity contribution is 5.78. The highest BCUT2D eigenvalue weighted by Gasteiger charge is 2.19. The van der Waals surface area contributed by atoms with E-state index in [1.807, 2.05) is 41.8 Å². The molecule has 0 amide bonds. The molecule has 26 heavy (non-hydrogen) atoms. The molecule has 0 saturated carbocycles. The number of benzene rings is 2. The Labute approximate surface area is 148 Å². The number of imidazole rings is 1. The Bertz CT molecular complexity index is 1060. The van der Waals surface area contributed by atoms with Crippen molar-refractivity contribution >= 4 is 22.9 Å². The topological polar surface area (TPSA) is 94.5 Å². The molecular weight excluding hydrogens is 333 g/mol. The summed E-state index contributed by atoms with van der Waals surface area (Å²) >= 11 is 0. The van der Waals surface area contributed by atoms with Gasteiger partial charge in [0.25, 0.3) is 0 Å². The second-order valence-corrected chi connectivity index (χ2v) is 5.81. The van der Waals surface area contributed by atoms with Gasteiger partial charge in [0.05, 0.1) is 17.1 Å². The quantitative estimate of drug-likeness (QED) is 0.588. The Morgan fingerprint density at radius 1 is 1.08 bits per heavy atom. The largest absolute Gasteiger partial charge is 0.368 e. The van der Waals surface area contributed by atoms with Crippen LogP contribution in [-0.4, -0.2) is 24.5 Å². The monoisotopic (exact) mass is 349 g/mol. The van der Waals surface area contributed by atoms with Crippen LogP contribution in [0.2, 0.25) is 0 Å². The van der Waals surface area contributed by atoms with Crippen LogP contribution in [0.15, 0.2) is 54.9 Å². The minimum atomic E-state index is -0.313. The lowest BCUT2D eigenvalue weighted by Crippen LogP contribution is -2.15. The Balaban J connectivity index is 1.83. The van der Waals surface area contributed by atoms with E-state index in [4.69, 9.17) is 5.73 Å². The van der Waals surface area contributed by atoms with Crippen molar-refractivity contribution in [2.24, 2.45) is 0 Å². The molecule has 1 unspecified atom stereocenters. The standard InChI is InChI=1S/C18H16FN7/c1-11(23-18-22-10-21-17(20)25-18)16-24-14-8-7-12(19)9-15(14)26(16)13-5-3-2-4-6-13/h2-11H,1H3,(H3,20,21,22,23,25).